The van der Waals surface area contributed by atoms with Gasteiger partial charge in [0.1, 0.15) is 13.2 Å². The predicted octanol–water partition coefficient (Wildman–Crippen LogP) is 3.05. The van der Waals surface area contributed by atoms with Crippen LogP contribution >= 0.6 is 11.8 Å². The Bertz CT molecular complexity index is 790. The van der Waals surface area contributed by atoms with E-state index in [2.05, 4.69) is 27.7 Å². The van der Waals surface area contributed by atoms with Gasteiger partial charge in [-0.3, -0.25) is 10.4 Å². The molecular weight excluding hydrogens is 322 g/mol. The van der Waals surface area contributed by atoms with Gasteiger partial charge in [0, 0.05) is 11.3 Å². The summed E-state index contributed by atoms with van der Waals surface area (Å²) in [4.78, 5) is 4.57. The van der Waals surface area contributed by atoms with Gasteiger partial charge in [-0.15, -0.1) is 0 Å². The number of thioether (sulfide) groups is 1. The number of hydrogen-bond acceptors (Lipinski definition) is 5. The number of hydrazone groups is 1. The lowest BCUT2D eigenvalue weighted by Crippen LogP contribution is -2.25. The molecule has 0 unspecified atom stereocenters. The van der Waals surface area contributed by atoms with Crippen molar-refractivity contribution in [3.05, 3.63) is 59.7 Å². The first kappa shape index (κ1) is 15.1. The van der Waals surface area contributed by atoms with Crippen molar-refractivity contribution in [2.45, 2.75) is 6.54 Å². The number of fused-ring (bicyclic) bond motifs is 1. The summed E-state index contributed by atoms with van der Waals surface area (Å²) in [6, 6.07) is 16.1. The van der Waals surface area contributed by atoms with Gasteiger partial charge in [0.15, 0.2) is 16.7 Å². The van der Waals surface area contributed by atoms with Gasteiger partial charge in [-0.25, -0.2) is 0 Å². The molecule has 2 aliphatic heterocycles. The van der Waals surface area contributed by atoms with Crippen molar-refractivity contribution < 1.29 is 9.47 Å². The van der Waals surface area contributed by atoms with Crippen molar-refractivity contribution in [2.24, 2.45) is 10.1 Å². The zero-order chi connectivity index (χ0) is 16.2. The van der Waals surface area contributed by atoms with Crippen molar-refractivity contribution >= 4 is 22.6 Å². The van der Waals surface area contributed by atoms with Gasteiger partial charge in [0.05, 0.1) is 12.3 Å². The third-order valence-corrected chi connectivity index (χ3v) is 4.67. The molecule has 0 saturated carbocycles. The molecule has 6 heteroatoms. The lowest BCUT2D eigenvalue weighted by atomic mass is 10.1. The molecule has 1 N–H and O–H groups in total. The third kappa shape index (κ3) is 3.38. The molecule has 0 radical (unpaired) electrons. The Hall–Kier alpha value is -2.47. The third-order valence-electron chi connectivity index (χ3n) is 3.76. The standard InChI is InChI=1S/C18H17N3O2S/c1-2-4-13(5-3-1)11-19-18-21-20-15(12-24-18)14-6-7-16-17(10-14)23-9-8-22-16/h1-7,10H,8-9,11-12H2,(H,19,21). The summed E-state index contributed by atoms with van der Waals surface area (Å²) < 4.78 is 11.2. The maximum Gasteiger partial charge on any atom is 0.177 e. The number of ether oxygens (including phenoxy) is 2. The van der Waals surface area contributed by atoms with Gasteiger partial charge in [-0.1, -0.05) is 42.1 Å². The van der Waals surface area contributed by atoms with E-state index in [1.807, 2.05) is 36.4 Å². The highest BCUT2D eigenvalue weighted by atomic mass is 32.2. The Morgan fingerprint density at radius 1 is 1.04 bits per heavy atom. The Kier molecular flexibility index (Phi) is 4.38. The monoisotopic (exact) mass is 339 g/mol. The summed E-state index contributed by atoms with van der Waals surface area (Å²) in [5.74, 6) is 2.36. The number of aliphatic imine (C=N–C) groups is 1. The minimum atomic E-state index is 0.590. The number of hydrogen-bond donors (Lipinski definition) is 1. The van der Waals surface area contributed by atoms with Gasteiger partial charge in [0.2, 0.25) is 0 Å². The Morgan fingerprint density at radius 2 is 1.88 bits per heavy atom. The molecule has 2 aliphatic rings. The molecule has 0 spiro atoms. The molecule has 0 saturated heterocycles. The van der Waals surface area contributed by atoms with Crippen molar-refractivity contribution in [1.82, 2.24) is 5.43 Å². The highest BCUT2D eigenvalue weighted by Crippen LogP contribution is 2.31. The van der Waals surface area contributed by atoms with E-state index in [-0.39, 0.29) is 0 Å². The number of rotatable bonds is 3. The molecule has 4 rings (SSSR count). The van der Waals surface area contributed by atoms with Crippen LogP contribution in [-0.2, 0) is 6.54 Å². The van der Waals surface area contributed by atoms with Gasteiger partial charge in [0.25, 0.3) is 0 Å². The average Bonchev–Trinajstić information content (AvgIpc) is 2.67. The maximum absolute atomic E-state index is 5.63. The van der Waals surface area contributed by atoms with Crippen LogP contribution in [0.3, 0.4) is 0 Å². The molecule has 5 nitrogen and oxygen atoms in total. The number of nitrogens with zero attached hydrogens (tertiary/aromatic N) is 2. The van der Waals surface area contributed by atoms with Gasteiger partial charge < -0.3 is 9.47 Å². The summed E-state index contributed by atoms with van der Waals surface area (Å²) >= 11 is 1.66. The smallest absolute Gasteiger partial charge is 0.177 e. The van der Waals surface area contributed by atoms with Crippen LogP contribution in [0.5, 0.6) is 11.5 Å². The topological polar surface area (TPSA) is 55.2 Å². The zero-order valence-electron chi connectivity index (χ0n) is 13.1. The van der Waals surface area contributed by atoms with Crippen LogP contribution < -0.4 is 14.9 Å². The van der Waals surface area contributed by atoms with Crippen molar-refractivity contribution in [1.29, 1.82) is 0 Å². The van der Waals surface area contributed by atoms with E-state index < -0.39 is 0 Å². The molecule has 0 bridgehead atoms. The molecule has 122 valence electrons. The maximum atomic E-state index is 5.63. The van der Waals surface area contributed by atoms with Crippen molar-refractivity contribution in [3.63, 3.8) is 0 Å². The second-order valence-electron chi connectivity index (χ2n) is 5.42. The number of amidine groups is 1. The van der Waals surface area contributed by atoms with Crippen LogP contribution in [0.1, 0.15) is 11.1 Å². The second kappa shape index (κ2) is 6.97. The fourth-order valence-corrected chi connectivity index (χ4v) is 3.29. The van der Waals surface area contributed by atoms with Crippen LogP contribution in [0.4, 0.5) is 0 Å². The molecule has 2 aromatic carbocycles. The van der Waals surface area contributed by atoms with Gasteiger partial charge in [-0.2, -0.15) is 5.10 Å². The Morgan fingerprint density at radius 3 is 2.67 bits per heavy atom. The first-order valence-corrected chi connectivity index (χ1v) is 8.81. The summed E-state index contributed by atoms with van der Waals surface area (Å²) in [6.45, 7) is 1.85. The first-order chi connectivity index (χ1) is 11.9. The lowest BCUT2D eigenvalue weighted by molar-refractivity contribution is 0.171. The summed E-state index contributed by atoms with van der Waals surface area (Å²) in [5.41, 5.74) is 6.26. The molecule has 2 aromatic rings. The largest absolute Gasteiger partial charge is 0.486 e. The molecule has 2 heterocycles. The van der Waals surface area contributed by atoms with E-state index in [9.17, 15) is 0 Å². The van der Waals surface area contributed by atoms with Gasteiger partial charge in [-0.05, 0) is 23.8 Å². The summed E-state index contributed by atoms with van der Waals surface area (Å²) in [5, 5.41) is 5.31. The molecule has 0 aromatic heterocycles. The normalized spacial score (nSPS) is 18.0. The highest BCUT2D eigenvalue weighted by molar-refractivity contribution is 8.14. The number of benzene rings is 2. The summed E-state index contributed by atoms with van der Waals surface area (Å²) in [6.07, 6.45) is 0. The molecule has 24 heavy (non-hydrogen) atoms. The minimum Gasteiger partial charge on any atom is -0.486 e. The molecule has 0 atom stereocenters. The van der Waals surface area contributed by atoms with Crippen LogP contribution in [-0.4, -0.2) is 29.8 Å². The van der Waals surface area contributed by atoms with Crippen LogP contribution in [0, 0.1) is 0 Å². The second-order valence-corrected chi connectivity index (χ2v) is 6.39. The van der Waals surface area contributed by atoms with Crippen LogP contribution in [0.25, 0.3) is 0 Å². The SMILES string of the molecule is c1ccc(CN=C2NN=C(c3ccc4c(c3)OCCO4)CS2)cc1. The average molecular weight is 339 g/mol. The highest BCUT2D eigenvalue weighted by Gasteiger charge is 2.17. The van der Waals surface area contributed by atoms with E-state index in [1.165, 1.54) is 5.56 Å². The Labute approximate surface area is 144 Å². The quantitative estimate of drug-likeness (QED) is 0.934. The fraction of sp³-hybridized carbons (Fsp3) is 0.222. The first-order valence-electron chi connectivity index (χ1n) is 7.82. The predicted molar refractivity (Wildman–Crippen MR) is 97.1 cm³/mol. The number of nitrogens with one attached hydrogen (secondary N) is 1. The van der Waals surface area contributed by atoms with Crippen molar-refractivity contribution in [2.75, 3.05) is 19.0 Å². The minimum absolute atomic E-state index is 0.590. The zero-order valence-corrected chi connectivity index (χ0v) is 13.9. The van der Waals surface area contributed by atoms with Crippen LogP contribution in [0.2, 0.25) is 0 Å². The lowest BCUT2D eigenvalue weighted by Gasteiger charge is -2.20. The molecule has 0 aliphatic carbocycles. The van der Waals surface area contributed by atoms with Crippen molar-refractivity contribution in [3.8, 4) is 11.5 Å². The van der Waals surface area contributed by atoms with Crippen LogP contribution in [0.15, 0.2) is 58.6 Å². The van der Waals surface area contributed by atoms with Gasteiger partial charge >= 0.3 is 0 Å². The van der Waals surface area contributed by atoms with E-state index in [4.69, 9.17) is 9.47 Å². The van der Waals surface area contributed by atoms with E-state index in [0.717, 1.165) is 33.7 Å². The fourth-order valence-electron chi connectivity index (χ4n) is 2.51. The van der Waals surface area contributed by atoms with E-state index in [0.29, 0.717) is 19.8 Å². The molecule has 0 amide bonds. The molecular formula is C18H17N3O2S. The summed E-state index contributed by atoms with van der Waals surface area (Å²) in [7, 11) is 0. The van der Waals surface area contributed by atoms with E-state index in [1.54, 1.807) is 11.8 Å². The Balaban J connectivity index is 1.44. The van der Waals surface area contributed by atoms with E-state index >= 15 is 0 Å². The molecule has 0 fully saturated rings.